The number of rotatable bonds is 4. The molecule has 0 amide bonds. The van der Waals surface area contributed by atoms with Gasteiger partial charge in [-0.25, -0.2) is 4.98 Å². The molecule has 0 aliphatic carbocycles. The Hall–Kier alpha value is -2.36. The van der Waals surface area contributed by atoms with Gasteiger partial charge in [-0.15, -0.1) is 21.5 Å². The van der Waals surface area contributed by atoms with Crippen LogP contribution in [0, 0.1) is 5.92 Å². The molecule has 5 rings (SSSR count). The zero-order valence-electron chi connectivity index (χ0n) is 17.1. The van der Waals surface area contributed by atoms with E-state index in [0.717, 1.165) is 73.1 Å². The largest absolute Gasteiger partial charge is 0.383 e. The lowest BCUT2D eigenvalue weighted by molar-refractivity contribution is -0.0119. The van der Waals surface area contributed by atoms with Crippen LogP contribution in [-0.4, -0.2) is 64.9 Å². The second-order valence-electron chi connectivity index (χ2n) is 8.18. The van der Waals surface area contributed by atoms with Gasteiger partial charge in [0.1, 0.15) is 16.1 Å². The molecule has 8 nitrogen and oxygen atoms in total. The number of thiazole rings is 1. The van der Waals surface area contributed by atoms with Crippen LogP contribution in [0.25, 0.3) is 10.9 Å². The van der Waals surface area contributed by atoms with Crippen molar-refractivity contribution in [1.29, 1.82) is 0 Å². The summed E-state index contributed by atoms with van der Waals surface area (Å²) in [7, 11) is 0. The van der Waals surface area contributed by atoms with Crippen molar-refractivity contribution in [3.63, 3.8) is 0 Å². The van der Waals surface area contributed by atoms with Gasteiger partial charge in [-0.1, -0.05) is 0 Å². The molecule has 1 N–H and O–H groups in total. The molecule has 158 valence electrons. The molecule has 0 bridgehead atoms. The summed E-state index contributed by atoms with van der Waals surface area (Å²) in [4.78, 5) is 8.91. The van der Waals surface area contributed by atoms with Crippen LogP contribution in [0.2, 0.25) is 0 Å². The minimum atomic E-state index is -0.952. The maximum absolute atomic E-state index is 11.2. The molecule has 0 radical (unpaired) electrons. The highest BCUT2D eigenvalue weighted by molar-refractivity contribution is 7.09. The molecule has 30 heavy (non-hydrogen) atoms. The van der Waals surface area contributed by atoms with E-state index in [9.17, 15) is 5.11 Å². The first-order valence-corrected chi connectivity index (χ1v) is 11.3. The number of hydrogen-bond donors (Lipinski definition) is 1. The maximum atomic E-state index is 11.2. The van der Waals surface area contributed by atoms with Gasteiger partial charge in [0, 0.05) is 54.7 Å². The van der Waals surface area contributed by atoms with Crippen molar-refractivity contribution in [2.24, 2.45) is 5.92 Å². The van der Waals surface area contributed by atoms with Crippen LogP contribution in [0.15, 0.2) is 29.8 Å². The van der Waals surface area contributed by atoms with Gasteiger partial charge in [-0.05, 0) is 43.2 Å². The lowest BCUT2D eigenvalue weighted by atomic mass is 9.83. The molecule has 0 spiro atoms. The van der Waals surface area contributed by atoms with Crippen LogP contribution in [-0.2, 0) is 10.3 Å². The number of morpholine rings is 1. The van der Waals surface area contributed by atoms with Gasteiger partial charge in [0.15, 0.2) is 5.82 Å². The molecule has 2 atom stereocenters. The molecule has 2 aromatic heterocycles. The molecule has 2 aliphatic rings. The van der Waals surface area contributed by atoms with Crippen molar-refractivity contribution in [3.05, 3.63) is 34.8 Å². The maximum Gasteiger partial charge on any atom is 0.162 e. The Balaban J connectivity index is 1.42. The summed E-state index contributed by atoms with van der Waals surface area (Å²) in [5.41, 5.74) is 1.03. The number of nitrogens with zero attached hydrogens (tertiary/aromatic N) is 6. The summed E-state index contributed by atoms with van der Waals surface area (Å²) in [6.07, 6.45) is 3.70. The predicted octanol–water partition coefficient (Wildman–Crippen LogP) is 2.44. The second kappa shape index (κ2) is 8.05. The topological polar surface area (TPSA) is 87.5 Å². The fraction of sp³-hybridized carbons (Fsp3) is 0.524. The van der Waals surface area contributed by atoms with Gasteiger partial charge >= 0.3 is 0 Å². The molecule has 3 aromatic rings. The minimum absolute atomic E-state index is 0.0787. The summed E-state index contributed by atoms with van der Waals surface area (Å²) in [6.45, 7) is 6.76. The third-order valence-corrected chi connectivity index (χ3v) is 7.27. The first kappa shape index (κ1) is 19.6. The molecule has 0 unspecified atom stereocenters. The summed E-state index contributed by atoms with van der Waals surface area (Å²) in [5, 5.41) is 27.6. The molecular weight excluding hydrogens is 400 g/mol. The average molecular weight is 427 g/mol. The van der Waals surface area contributed by atoms with Crippen molar-refractivity contribution < 1.29 is 9.84 Å². The fourth-order valence-corrected chi connectivity index (χ4v) is 5.26. The van der Waals surface area contributed by atoms with Gasteiger partial charge in [0.2, 0.25) is 0 Å². The summed E-state index contributed by atoms with van der Waals surface area (Å²) in [6, 6.07) is 6.32. The van der Waals surface area contributed by atoms with E-state index in [4.69, 9.17) is 4.74 Å². The SMILES string of the molecule is C[C@@](O)(c1nccs1)[C@H]1CCCN(c2nnnc3cc(N4CCOCC4)ccc23)C1. The van der Waals surface area contributed by atoms with Crippen molar-refractivity contribution in [2.45, 2.75) is 25.4 Å². The van der Waals surface area contributed by atoms with E-state index in [1.165, 1.54) is 11.3 Å². The lowest BCUT2D eigenvalue weighted by Crippen LogP contribution is -2.45. The van der Waals surface area contributed by atoms with Gasteiger partial charge in [0.05, 0.1) is 13.2 Å². The highest BCUT2D eigenvalue weighted by Gasteiger charge is 2.39. The molecule has 0 saturated carbocycles. The van der Waals surface area contributed by atoms with E-state index in [2.05, 4.69) is 48.4 Å². The monoisotopic (exact) mass is 426 g/mol. The number of benzene rings is 1. The van der Waals surface area contributed by atoms with Crippen LogP contribution in [0.1, 0.15) is 24.8 Å². The molecule has 2 fully saturated rings. The number of fused-ring (bicyclic) bond motifs is 1. The van der Waals surface area contributed by atoms with Crippen molar-refractivity contribution >= 4 is 33.7 Å². The second-order valence-corrected chi connectivity index (χ2v) is 9.08. The first-order chi connectivity index (χ1) is 14.6. The van der Waals surface area contributed by atoms with Crippen LogP contribution < -0.4 is 9.80 Å². The van der Waals surface area contributed by atoms with Crippen LogP contribution in [0.4, 0.5) is 11.5 Å². The zero-order chi connectivity index (χ0) is 20.6. The van der Waals surface area contributed by atoms with Crippen molar-refractivity contribution in [2.75, 3.05) is 49.2 Å². The molecule has 2 aliphatic heterocycles. The Bertz CT molecular complexity index is 1010. The normalized spacial score (nSPS) is 22.3. The number of anilines is 2. The first-order valence-electron chi connectivity index (χ1n) is 10.5. The Morgan fingerprint density at radius 1 is 1.17 bits per heavy atom. The van der Waals surface area contributed by atoms with Gasteiger partial charge in [-0.3, -0.25) is 0 Å². The summed E-state index contributed by atoms with van der Waals surface area (Å²) < 4.78 is 5.46. The molecule has 2 saturated heterocycles. The predicted molar refractivity (Wildman–Crippen MR) is 117 cm³/mol. The fourth-order valence-electron chi connectivity index (χ4n) is 4.49. The molecule has 9 heteroatoms. The number of piperidine rings is 1. The Morgan fingerprint density at radius 3 is 2.83 bits per heavy atom. The minimum Gasteiger partial charge on any atom is -0.383 e. The zero-order valence-corrected chi connectivity index (χ0v) is 17.9. The van der Waals surface area contributed by atoms with Gasteiger partial charge in [0.25, 0.3) is 0 Å². The Kier molecular flexibility index (Phi) is 5.26. The van der Waals surface area contributed by atoms with Crippen molar-refractivity contribution in [1.82, 2.24) is 20.4 Å². The van der Waals surface area contributed by atoms with E-state index >= 15 is 0 Å². The number of ether oxygens (including phenoxy) is 1. The Labute approximate surface area is 179 Å². The summed E-state index contributed by atoms with van der Waals surface area (Å²) >= 11 is 1.51. The highest BCUT2D eigenvalue weighted by atomic mass is 32.1. The van der Waals surface area contributed by atoms with Crippen LogP contribution in [0.3, 0.4) is 0 Å². The smallest absolute Gasteiger partial charge is 0.162 e. The Morgan fingerprint density at radius 2 is 2.03 bits per heavy atom. The highest BCUT2D eigenvalue weighted by Crippen LogP contribution is 2.38. The molecule has 4 heterocycles. The van der Waals surface area contributed by atoms with Crippen LogP contribution >= 0.6 is 11.3 Å². The average Bonchev–Trinajstić information content (AvgIpc) is 3.35. The van der Waals surface area contributed by atoms with E-state index < -0.39 is 5.60 Å². The van der Waals surface area contributed by atoms with Crippen molar-refractivity contribution in [3.8, 4) is 0 Å². The lowest BCUT2D eigenvalue weighted by Gasteiger charge is -2.40. The van der Waals surface area contributed by atoms with Gasteiger partial charge < -0.3 is 19.6 Å². The quantitative estimate of drug-likeness (QED) is 0.681. The number of aromatic nitrogens is 4. The third-order valence-electron chi connectivity index (χ3n) is 6.27. The summed E-state index contributed by atoms with van der Waals surface area (Å²) in [5.74, 6) is 0.920. The van der Waals surface area contributed by atoms with Gasteiger partial charge in [-0.2, -0.15) is 0 Å². The van der Waals surface area contributed by atoms with E-state index in [-0.39, 0.29) is 5.92 Å². The standard InChI is InChI=1S/C21H26N6O2S/c1-21(28,20-22-6-12-30-20)15-3-2-7-27(14-15)19-17-5-4-16(13-18(17)23-25-24-19)26-8-10-29-11-9-26/h4-6,12-13,15,28H,2-3,7-11,14H2,1H3/t15-,21-/m0/s1. The molecular formula is C21H26N6O2S. The van der Waals surface area contributed by atoms with Crippen LogP contribution in [0.5, 0.6) is 0 Å². The number of aliphatic hydroxyl groups is 1. The number of hydrogen-bond acceptors (Lipinski definition) is 9. The van der Waals surface area contributed by atoms with E-state index in [0.29, 0.717) is 6.54 Å². The van der Waals surface area contributed by atoms with E-state index in [1.54, 1.807) is 6.20 Å². The van der Waals surface area contributed by atoms with E-state index in [1.807, 2.05) is 12.3 Å². The molecule has 1 aromatic carbocycles. The third kappa shape index (κ3) is 3.61.